The predicted molar refractivity (Wildman–Crippen MR) is 79.1 cm³/mol. The zero-order valence-corrected chi connectivity index (χ0v) is 12.1. The average molecular weight is 291 g/mol. The Morgan fingerprint density at radius 2 is 1.90 bits per heavy atom. The summed E-state index contributed by atoms with van der Waals surface area (Å²) in [6, 6.07) is 11.2. The molecule has 3 heteroatoms. The molecule has 0 saturated carbocycles. The molecule has 1 heterocycles. The molecule has 0 aliphatic carbocycles. The molecule has 1 atom stereocenters. The maximum absolute atomic E-state index is 13.6. The van der Waals surface area contributed by atoms with E-state index in [4.69, 9.17) is 16.3 Å². The monoisotopic (exact) mass is 290 g/mol. The minimum atomic E-state index is -0.336. The molecule has 0 spiro atoms. The van der Waals surface area contributed by atoms with Gasteiger partial charge < -0.3 is 4.74 Å². The molecule has 1 nitrogen and oxygen atoms in total. The van der Waals surface area contributed by atoms with Crippen molar-refractivity contribution in [3.05, 3.63) is 64.5 Å². The van der Waals surface area contributed by atoms with E-state index < -0.39 is 0 Å². The lowest BCUT2D eigenvalue weighted by Crippen LogP contribution is -2.09. The molecule has 1 unspecified atom stereocenters. The normalized spacial score (nSPS) is 15.3. The number of halogens is 2. The number of hydrogen-bond acceptors (Lipinski definition) is 1. The fourth-order valence-corrected chi connectivity index (χ4v) is 2.77. The maximum atomic E-state index is 13.6. The number of hydrogen-bond donors (Lipinski definition) is 0. The first-order valence-corrected chi connectivity index (χ1v) is 7.24. The third-order valence-electron chi connectivity index (χ3n) is 3.71. The van der Waals surface area contributed by atoms with E-state index in [1.54, 1.807) is 13.0 Å². The molecule has 0 fully saturated rings. The molecule has 1 aliphatic rings. The Hall–Kier alpha value is -1.54. The lowest BCUT2D eigenvalue weighted by molar-refractivity contribution is 0.288. The van der Waals surface area contributed by atoms with Crippen LogP contribution in [0.1, 0.15) is 34.1 Å². The van der Waals surface area contributed by atoms with Crippen molar-refractivity contribution < 1.29 is 9.13 Å². The summed E-state index contributed by atoms with van der Waals surface area (Å²) in [6.07, 6.45) is 2.04. The second-order valence-corrected chi connectivity index (χ2v) is 5.63. The molecule has 2 aromatic carbocycles. The molecule has 3 rings (SSSR count). The molecule has 0 amide bonds. The van der Waals surface area contributed by atoms with Crippen LogP contribution >= 0.6 is 11.6 Å². The SMILES string of the molecule is Cc1ccc(C(Cl)c2ccc3c(c2)CCCO3)cc1F. The van der Waals surface area contributed by atoms with E-state index in [0.29, 0.717) is 5.56 Å². The number of aryl methyl sites for hydroxylation is 2. The van der Waals surface area contributed by atoms with E-state index in [1.165, 1.54) is 11.6 Å². The van der Waals surface area contributed by atoms with Crippen molar-refractivity contribution in [1.29, 1.82) is 0 Å². The first-order chi connectivity index (χ1) is 9.65. The third-order valence-corrected chi connectivity index (χ3v) is 4.22. The van der Waals surface area contributed by atoms with E-state index in [0.717, 1.165) is 36.3 Å². The van der Waals surface area contributed by atoms with Crippen LogP contribution in [0, 0.1) is 12.7 Å². The van der Waals surface area contributed by atoms with E-state index in [2.05, 4.69) is 6.07 Å². The van der Waals surface area contributed by atoms with Crippen LogP contribution in [-0.4, -0.2) is 6.61 Å². The van der Waals surface area contributed by atoms with Gasteiger partial charge in [0, 0.05) is 0 Å². The second kappa shape index (κ2) is 5.45. The molecule has 1 aliphatic heterocycles. The summed E-state index contributed by atoms with van der Waals surface area (Å²) in [5.74, 6) is 0.730. The van der Waals surface area contributed by atoms with Gasteiger partial charge in [0.25, 0.3) is 0 Å². The van der Waals surface area contributed by atoms with Crippen molar-refractivity contribution in [1.82, 2.24) is 0 Å². The summed E-state index contributed by atoms with van der Waals surface area (Å²) >= 11 is 6.49. The van der Waals surface area contributed by atoms with Gasteiger partial charge in [0.05, 0.1) is 12.0 Å². The van der Waals surface area contributed by atoms with Gasteiger partial charge in [0.2, 0.25) is 0 Å². The highest BCUT2D eigenvalue weighted by atomic mass is 35.5. The molecule has 0 bridgehead atoms. The zero-order chi connectivity index (χ0) is 14.1. The maximum Gasteiger partial charge on any atom is 0.126 e. The summed E-state index contributed by atoms with van der Waals surface area (Å²) in [5, 5.41) is -0.336. The van der Waals surface area contributed by atoms with Gasteiger partial charge in [-0.15, -0.1) is 11.6 Å². The van der Waals surface area contributed by atoms with Gasteiger partial charge in [0.15, 0.2) is 0 Å². The van der Waals surface area contributed by atoms with Crippen LogP contribution in [-0.2, 0) is 6.42 Å². The first-order valence-electron chi connectivity index (χ1n) is 6.81. The second-order valence-electron chi connectivity index (χ2n) is 5.19. The minimum Gasteiger partial charge on any atom is -0.493 e. The number of rotatable bonds is 2. The van der Waals surface area contributed by atoms with Gasteiger partial charge >= 0.3 is 0 Å². The van der Waals surface area contributed by atoms with Gasteiger partial charge in [0.1, 0.15) is 11.6 Å². The summed E-state index contributed by atoms with van der Waals surface area (Å²) in [6.45, 7) is 2.53. The molecular formula is C17H16ClFO. The molecule has 0 radical (unpaired) electrons. The van der Waals surface area contributed by atoms with Crippen LogP contribution in [0.5, 0.6) is 5.75 Å². The van der Waals surface area contributed by atoms with Gasteiger partial charge in [-0.1, -0.05) is 24.3 Å². The van der Waals surface area contributed by atoms with E-state index in [1.807, 2.05) is 18.2 Å². The lowest BCUT2D eigenvalue weighted by Gasteiger charge is -2.19. The summed E-state index contributed by atoms with van der Waals surface area (Å²) in [7, 11) is 0. The van der Waals surface area contributed by atoms with Gasteiger partial charge in [-0.2, -0.15) is 0 Å². The van der Waals surface area contributed by atoms with Crippen LogP contribution in [0.15, 0.2) is 36.4 Å². The van der Waals surface area contributed by atoms with E-state index in [-0.39, 0.29) is 11.2 Å². The highest BCUT2D eigenvalue weighted by Gasteiger charge is 2.16. The standard InChI is InChI=1S/C17H16ClFO/c1-11-4-5-14(10-15(11)19)17(18)13-6-7-16-12(9-13)3-2-8-20-16/h4-7,9-10,17H,2-3,8H2,1H3. The minimum absolute atomic E-state index is 0.213. The largest absolute Gasteiger partial charge is 0.493 e. The van der Waals surface area contributed by atoms with Crippen molar-refractivity contribution >= 4 is 11.6 Å². The fraction of sp³-hybridized carbons (Fsp3) is 0.294. The van der Waals surface area contributed by atoms with E-state index in [9.17, 15) is 4.39 Å². The van der Waals surface area contributed by atoms with Crippen LogP contribution < -0.4 is 4.74 Å². The Labute approximate surface area is 123 Å². The zero-order valence-electron chi connectivity index (χ0n) is 11.3. The topological polar surface area (TPSA) is 9.23 Å². The highest BCUT2D eigenvalue weighted by Crippen LogP contribution is 2.34. The molecule has 2 aromatic rings. The summed E-state index contributed by atoms with van der Waals surface area (Å²) in [5.41, 5.74) is 3.59. The average Bonchev–Trinajstić information content (AvgIpc) is 2.49. The molecule has 20 heavy (non-hydrogen) atoms. The summed E-state index contributed by atoms with van der Waals surface area (Å²) in [4.78, 5) is 0. The Balaban J connectivity index is 1.93. The predicted octanol–water partition coefficient (Wildman–Crippen LogP) is 4.79. The smallest absolute Gasteiger partial charge is 0.126 e. The Bertz CT molecular complexity index is 639. The van der Waals surface area contributed by atoms with Crippen LogP contribution in [0.2, 0.25) is 0 Å². The van der Waals surface area contributed by atoms with Gasteiger partial charge in [-0.3, -0.25) is 0 Å². The number of ether oxygens (including phenoxy) is 1. The first kappa shape index (κ1) is 13.4. The lowest BCUT2D eigenvalue weighted by atomic mass is 9.98. The highest BCUT2D eigenvalue weighted by molar-refractivity contribution is 6.22. The van der Waals surface area contributed by atoms with E-state index >= 15 is 0 Å². The molecule has 0 aromatic heterocycles. The van der Waals surface area contributed by atoms with Crippen LogP contribution in [0.25, 0.3) is 0 Å². The number of benzene rings is 2. The van der Waals surface area contributed by atoms with Gasteiger partial charge in [-0.25, -0.2) is 4.39 Å². The Morgan fingerprint density at radius 3 is 2.70 bits per heavy atom. The molecule has 0 N–H and O–H groups in total. The third kappa shape index (κ3) is 2.53. The molecule has 104 valence electrons. The van der Waals surface area contributed by atoms with Crippen LogP contribution in [0.4, 0.5) is 4.39 Å². The quantitative estimate of drug-likeness (QED) is 0.723. The van der Waals surface area contributed by atoms with Crippen LogP contribution in [0.3, 0.4) is 0 Å². The Kier molecular flexibility index (Phi) is 3.66. The molecular weight excluding hydrogens is 275 g/mol. The fourth-order valence-electron chi connectivity index (χ4n) is 2.50. The Morgan fingerprint density at radius 1 is 1.15 bits per heavy atom. The van der Waals surface area contributed by atoms with Crippen molar-refractivity contribution in [2.45, 2.75) is 25.1 Å². The molecule has 0 saturated heterocycles. The number of alkyl halides is 1. The van der Waals surface area contributed by atoms with Crippen molar-refractivity contribution in [3.8, 4) is 5.75 Å². The van der Waals surface area contributed by atoms with Crippen molar-refractivity contribution in [3.63, 3.8) is 0 Å². The number of fused-ring (bicyclic) bond motifs is 1. The summed E-state index contributed by atoms with van der Waals surface area (Å²) < 4.78 is 19.2. The van der Waals surface area contributed by atoms with Crippen molar-refractivity contribution in [2.24, 2.45) is 0 Å². The van der Waals surface area contributed by atoms with Gasteiger partial charge in [-0.05, 0) is 54.2 Å². The van der Waals surface area contributed by atoms with Crippen molar-refractivity contribution in [2.75, 3.05) is 6.61 Å².